The highest BCUT2D eigenvalue weighted by atomic mass is 16.4. The summed E-state index contributed by atoms with van der Waals surface area (Å²) in [6.45, 7) is 8.56. The Balaban J connectivity index is 2.72. The molecule has 0 heterocycles. The Morgan fingerprint density at radius 2 is 1.84 bits per heavy atom. The SMILES string of the molecule is CCCCC(Nc1ccc(C(C)(C)C)cc1)C(=O)O. The molecule has 0 radical (unpaired) electrons. The van der Waals surface area contributed by atoms with Gasteiger partial charge in [0, 0.05) is 5.69 Å². The summed E-state index contributed by atoms with van der Waals surface area (Å²) in [5.41, 5.74) is 2.24. The molecule has 1 aromatic carbocycles. The summed E-state index contributed by atoms with van der Waals surface area (Å²) in [7, 11) is 0. The van der Waals surface area contributed by atoms with E-state index >= 15 is 0 Å². The summed E-state index contributed by atoms with van der Waals surface area (Å²) in [6, 6.07) is 7.54. The number of aliphatic carboxylic acids is 1. The number of unbranched alkanes of at least 4 members (excludes halogenated alkanes) is 1. The molecule has 1 aromatic rings. The first-order valence-corrected chi connectivity index (χ1v) is 6.94. The number of nitrogens with one attached hydrogen (secondary N) is 1. The molecule has 0 saturated carbocycles. The van der Waals surface area contributed by atoms with Gasteiger partial charge < -0.3 is 10.4 Å². The van der Waals surface area contributed by atoms with E-state index in [-0.39, 0.29) is 5.41 Å². The molecule has 0 amide bonds. The average Bonchev–Trinajstić information content (AvgIpc) is 2.33. The predicted molar refractivity (Wildman–Crippen MR) is 79.7 cm³/mol. The van der Waals surface area contributed by atoms with Crippen molar-refractivity contribution in [2.24, 2.45) is 0 Å². The van der Waals surface area contributed by atoms with Crippen LogP contribution in [0.25, 0.3) is 0 Å². The molecule has 3 heteroatoms. The Bertz CT molecular complexity index is 404. The first-order valence-electron chi connectivity index (χ1n) is 6.94. The highest BCUT2D eigenvalue weighted by Gasteiger charge is 2.17. The molecular formula is C16H25NO2. The Hall–Kier alpha value is -1.51. The van der Waals surface area contributed by atoms with Crippen LogP contribution in [-0.4, -0.2) is 17.1 Å². The third-order valence-corrected chi connectivity index (χ3v) is 3.24. The molecule has 0 fully saturated rings. The third kappa shape index (κ3) is 4.93. The van der Waals surface area contributed by atoms with Crippen LogP contribution >= 0.6 is 0 Å². The van der Waals surface area contributed by atoms with Crippen molar-refractivity contribution in [2.45, 2.75) is 58.4 Å². The maximum Gasteiger partial charge on any atom is 0.326 e. The van der Waals surface area contributed by atoms with E-state index in [1.807, 2.05) is 12.1 Å². The van der Waals surface area contributed by atoms with Crippen LogP contribution in [0.15, 0.2) is 24.3 Å². The number of anilines is 1. The van der Waals surface area contributed by atoms with Gasteiger partial charge in [-0.2, -0.15) is 0 Å². The molecule has 0 aromatic heterocycles. The number of carboxylic acids is 1. The van der Waals surface area contributed by atoms with Crippen molar-refractivity contribution < 1.29 is 9.90 Å². The van der Waals surface area contributed by atoms with Gasteiger partial charge in [0.1, 0.15) is 6.04 Å². The van der Waals surface area contributed by atoms with Crippen LogP contribution in [0, 0.1) is 0 Å². The lowest BCUT2D eigenvalue weighted by Crippen LogP contribution is -2.29. The van der Waals surface area contributed by atoms with E-state index in [1.165, 1.54) is 5.56 Å². The van der Waals surface area contributed by atoms with Gasteiger partial charge in [0.15, 0.2) is 0 Å². The third-order valence-electron chi connectivity index (χ3n) is 3.24. The molecule has 0 aliphatic carbocycles. The molecule has 0 aliphatic rings. The second-order valence-electron chi connectivity index (χ2n) is 6.00. The summed E-state index contributed by atoms with van der Waals surface area (Å²) >= 11 is 0. The molecule has 3 nitrogen and oxygen atoms in total. The van der Waals surface area contributed by atoms with E-state index in [0.717, 1.165) is 18.5 Å². The standard InChI is InChI=1S/C16H25NO2/c1-5-6-7-14(15(18)19)17-13-10-8-12(9-11-13)16(2,3)4/h8-11,14,17H,5-7H2,1-4H3,(H,18,19). The fourth-order valence-electron chi connectivity index (χ4n) is 1.93. The molecule has 0 bridgehead atoms. The van der Waals surface area contributed by atoms with E-state index in [2.05, 4.69) is 45.1 Å². The van der Waals surface area contributed by atoms with Crippen molar-refractivity contribution in [1.29, 1.82) is 0 Å². The zero-order valence-corrected chi connectivity index (χ0v) is 12.4. The zero-order chi connectivity index (χ0) is 14.5. The Labute approximate surface area is 116 Å². The molecule has 2 N–H and O–H groups in total. The molecule has 1 rings (SSSR count). The molecule has 0 saturated heterocycles. The fraction of sp³-hybridized carbons (Fsp3) is 0.562. The highest BCUT2D eigenvalue weighted by Crippen LogP contribution is 2.24. The van der Waals surface area contributed by atoms with Crippen molar-refractivity contribution in [3.63, 3.8) is 0 Å². The van der Waals surface area contributed by atoms with Gasteiger partial charge in [0.25, 0.3) is 0 Å². The van der Waals surface area contributed by atoms with Gasteiger partial charge in [0.2, 0.25) is 0 Å². The van der Waals surface area contributed by atoms with E-state index in [4.69, 9.17) is 0 Å². The Morgan fingerprint density at radius 1 is 1.26 bits per heavy atom. The Kier molecular flexibility index (Phi) is 5.40. The van der Waals surface area contributed by atoms with E-state index < -0.39 is 12.0 Å². The van der Waals surface area contributed by atoms with Gasteiger partial charge in [-0.05, 0) is 29.5 Å². The van der Waals surface area contributed by atoms with Gasteiger partial charge in [-0.25, -0.2) is 4.79 Å². The van der Waals surface area contributed by atoms with E-state index in [9.17, 15) is 9.90 Å². The summed E-state index contributed by atoms with van der Waals surface area (Å²) in [4.78, 5) is 11.2. The van der Waals surface area contributed by atoms with Crippen molar-refractivity contribution in [1.82, 2.24) is 0 Å². The fourth-order valence-corrected chi connectivity index (χ4v) is 1.93. The second kappa shape index (κ2) is 6.60. The van der Waals surface area contributed by atoms with Gasteiger partial charge in [-0.1, -0.05) is 52.7 Å². The maximum atomic E-state index is 11.2. The minimum Gasteiger partial charge on any atom is -0.480 e. The monoisotopic (exact) mass is 263 g/mol. The van der Waals surface area contributed by atoms with Crippen molar-refractivity contribution >= 4 is 11.7 Å². The van der Waals surface area contributed by atoms with Gasteiger partial charge >= 0.3 is 5.97 Å². The van der Waals surface area contributed by atoms with Crippen LogP contribution in [0.4, 0.5) is 5.69 Å². The normalized spacial score (nSPS) is 13.1. The van der Waals surface area contributed by atoms with Crippen molar-refractivity contribution in [3.8, 4) is 0 Å². The van der Waals surface area contributed by atoms with Crippen LogP contribution in [0.5, 0.6) is 0 Å². The van der Waals surface area contributed by atoms with Crippen LogP contribution in [-0.2, 0) is 10.2 Å². The average molecular weight is 263 g/mol. The minimum atomic E-state index is -0.784. The molecule has 19 heavy (non-hydrogen) atoms. The number of hydrogen-bond acceptors (Lipinski definition) is 2. The highest BCUT2D eigenvalue weighted by molar-refractivity contribution is 5.77. The lowest BCUT2D eigenvalue weighted by molar-refractivity contribution is -0.138. The number of carbonyl (C=O) groups is 1. The first kappa shape index (κ1) is 15.5. The van der Waals surface area contributed by atoms with Crippen LogP contribution in [0.2, 0.25) is 0 Å². The molecule has 0 aliphatic heterocycles. The zero-order valence-electron chi connectivity index (χ0n) is 12.4. The summed E-state index contributed by atoms with van der Waals surface area (Å²) in [5.74, 6) is -0.784. The number of carboxylic acid groups (broad SMARTS) is 1. The van der Waals surface area contributed by atoms with Gasteiger partial charge in [0.05, 0.1) is 0 Å². The lowest BCUT2D eigenvalue weighted by Gasteiger charge is -2.20. The molecule has 1 atom stereocenters. The van der Waals surface area contributed by atoms with E-state index in [1.54, 1.807) is 0 Å². The predicted octanol–water partition coefficient (Wildman–Crippen LogP) is 4.04. The lowest BCUT2D eigenvalue weighted by atomic mass is 9.87. The maximum absolute atomic E-state index is 11.2. The molecule has 1 unspecified atom stereocenters. The topological polar surface area (TPSA) is 49.3 Å². The molecular weight excluding hydrogens is 238 g/mol. The van der Waals surface area contributed by atoms with Crippen LogP contribution in [0.3, 0.4) is 0 Å². The second-order valence-corrected chi connectivity index (χ2v) is 6.00. The summed E-state index contributed by atoms with van der Waals surface area (Å²) in [5, 5.41) is 12.3. The molecule has 0 spiro atoms. The van der Waals surface area contributed by atoms with Gasteiger partial charge in [-0.15, -0.1) is 0 Å². The van der Waals surface area contributed by atoms with Crippen molar-refractivity contribution in [2.75, 3.05) is 5.32 Å². The number of rotatable bonds is 6. The smallest absolute Gasteiger partial charge is 0.326 e. The number of benzene rings is 1. The van der Waals surface area contributed by atoms with Gasteiger partial charge in [-0.3, -0.25) is 0 Å². The minimum absolute atomic E-state index is 0.118. The summed E-state index contributed by atoms with van der Waals surface area (Å²) < 4.78 is 0. The van der Waals surface area contributed by atoms with Crippen LogP contribution < -0.4 is 5.32 Å². The first-order chi connectivity index (χ1) is 8.84. The number of hydrogen-bond donors (Lipinski definition) is 2. The Morgan fingerprint density at radius 3 is 2.26 bits per heavy atom. The van der Waals surface area contributed by atoms with E-state index in [0.29, 0.717) is 6.42 Å². The molecule has 106 valence electrons. The largest absolute Gasteiger partial charge is 0.480 e. The van der Waals surface area contributed by atoms with Crippen molar-refractivity contribution in [3.05, 3.63) is 29.8 Å². The van der Waals surface area contributed by atoms with Crippen LogP contribution in [0.1, 0.15) is 52.5 Å². The quantitative estimate of drug-likeness (QED) is 0.814. The summed E-state index contributed by atoms with van der Waals surface area (Å²) in [6.07, 6.45) is 2.59.